The van der Waals surface area contributed by atoms with E-state index in [9.17, 15) is 4.79 Å². The Kier molecular flexibility index (Phi) is 5.50. The van der Waals surface area contributed by atoms with Gasteiger partial charge in [-0.25, -0.2) is 0 Å². The molecule has 3 atom stereocenters. The highest BCUT2D eigenvalue weighted by Crippen LogP contribution is 2.49. The molecule has 8 heteroatoms. The second-order valence-electron chi connectivity index (χ2n) is 8.13. The van der Waals surface area contributed by atoms with Crippen LogP contribution in [0.5, 0.6) is 11.5 Å². The maximum absolute atomic E-state index is 13.7. The molecule has 2 heterocycles. The zero-order valence-electron chi connectivity index (χ0n) is 18.0. The van der Waals surface area contributed by atoms with Crippen LogP contribution in [-0.4, -0.2) is 23.9 Å². The summed E-state index contributed by atoms with van der Waals surface area (Å²) in [5.41, 5.74) is 1.37. The number of thiocarbonyl (C=S) groups is 1. The first-order valence-corrected chi connectivity index (χ1v) is 11.7. The Morgan fingerprint density at radius 2 is 1.82 bits per heavy atom. The van der Waals surface area contributed by atoms with Gasteiger partial charge in [0.1, 0.15) is 17.4 Å². The van der Waals surface area contributed by atoms with E-state index in [0.717, 1.165) is 27.2 Å². The van der Waals surface area contributed by atoms with Crippen molar-refractivity contribution in [3.05, 3.63) is 82.8 Å². The number of rotatable bonds is 4. The number of carbonyl (C=O) groups excluding carboxylic acids is 1. The number of hydrogen-bond acceptors (Lipinski definition) is 4. The predicted molar refractivity (Wildman–Crippen MR) is 136 cm³/mol. The number of benzene rings is 3. The molecular weight excluding hydrogens is 502 g/mol. The molecule has 2 bridgehead atoms. The molecule has 2 aliphatic heterocycles. The van der Waals surface area contributed by atoms with Crippen molar-refractivity contribution in [2.75, 3.05) is 17.3 Å². The molecule has 2 aliphatic rings. The molecule has 0 spiro atoms. The van der Waals surface area contributed by atoms with Gasteiger partial charge >= 0.3 is 0 Å². The summed E-state index contributed by atoms with van der Waals surface area (Å²) in [6.07, 6.45) is 0. The largest absolute Gasteiger partial charge is 0.497 e. The Morgan fingerprint density at radius 1 is 1.12 bits per heavy atom. The average molecular weight is 524 g/mol. The lowest BCUT2D eigenvalue weighted by molar-refractivity contribution is -0.130. The van der Waals surface area contributed by atoms with Gasteiger partial charge in [-0.1, -0.05) is 34.1 Å². The van der Waals surface area contributed by atoms with E-state index in [-0.39, 0.29) is 11.9 Å². The second kappa shape index (κ2) is 8.35. The molecule has 2 N–H and O–H groups in total. The molecule has 3 aromatic carbocycles. The zero-order valence-corrected chi connectivity index (χ0v) is 20.4. The number of nitrogens with zero attached hydrogens (tertiary/aromatic N) is 1. The molecule has 0 unspecified atom stereocenters. The van der Waals surface area contributed by atoms with Crippen molar-refractivity contribution in [3.8, 4) is 11.5 Å². The molecule has 33 heavy (non-hydrogen) atoms. The number of para-hydroxylation sites is 1. The Labute approximate surface area is 206 Å². The number of carbonyl (C=O) groups is 1. The van der Waals surface area contributed by atoms with Gasteiger partial charge in [-0.3, -0.25) is 9.69 Å². The van der Waals surface area contributed by atoms with Crippen molar-refractivity contribution in [1.29, 1.82) is 0 Å². The second-order valence-corrected chi connectivity index (χ2v) is 9.43. The third-order valence-corrected chi connectivity index (χ3v) is 6.96. The van der Waals surface area contributed by atoms with Gasteiger partial charge in [0.15, 0.2) is 10.8 Å². The molecule has 5 rings (SSSR count). The van der Waals surface area contributed by atoms with Gasteiger partial charge in [0, 0.05) is 21.4 Å². The number of fused-ring (bicyclic) bond motifs is 4. The van der Waals surface area contributed by atoms with Gasteiger partial charge in [-0.15, -0.1) is 0 Å². The number of methoxy groups -OCH3 is 1. The summed E-state index contributed by atoms with van der Waals surface area (Å²) in [5, 5.41) is 6.97. The quantitative estimate of drug-likeness (QED) is 0.455. The average Bonchev–Trinajstić information content (AvgIpc) is 2.80. The van der Waals surface area contributed by atoms with E-state index in [4.69, 9.17) is 21.7 Å². The minimum Gasteiger partial charge on any atom is -0.497 e. The van der Waals surface area contributed by atoms with Crippen molar-refractivity contribution < 1.29 is 14.3 Å². The van der Waals surface area contributed by atoms with E-state index >= 15 is 0 Å². The Hall–Kier alpha value is -3.10. The number of amides is 1. The maximum atomic E-state index is 13.7. The van der Waals surface area contributed by atoms with Gasteiger partial charge in [0.25, 0.3) is 0 Å². The van der Waals surface area contributed by atoms with Crippen molar-refractivity contribution >= 4 is 50.5 Å². The monoisotopic (exact) mass is 523 g/mol. The number of ether oxygens (including phenoxy) is 2. The van der Waals surface area contributed by atoms with Crippen LogP contribution in [0, 0.1) is 5.92 Å². The van der Waals surface area contributed by atoms with Crippen molar-refractivity contribution in [2.45, 2.75) is 18.7 Å². The van der Waals surface area contributed by atoms with Crippen LogP contribution in [0.1, 0.15) is 18.5 Å². The summed E-state index contributed by atoms with van der Waals surface area (Å²) in [6, 6.07) is 22.5. The van der Waals surface area contributed by atoms with E-state index in [1.54, 1.807) is 7.11 Å². The number of halogens is 1. The molecule has 1 amide bonds. The maximum Gasteiger partial charge on any atom is 0.236 e. The Morgan fingerprint density at radius 3 is 2.52 bits per heavy atom. The van der Waals surface area contributed by atoms with E-state index < -0.39 is 11.6 Å². The lowest BCUT2D eigenvalue weighted by Gasteiger charge is -2.56. The van der Waals surface area contributed by atoms with Crippen LogP contribution in [-0.2, 0) is 4.79 Å². The summed E-state index contributed by atoms with van der Waals surface area (Å²) >= 11 is 9.26. The van der Waals surface area contributed by atoms with E-state index in [0.29, 0.717) is 10.8 Å². The predicted octanol–water partition coefficient (Wildman–Crippen LogP) is 5.26. The summed E-state index contributed by atoms with van der Waals surface area (Å²) < 4.78 is 12.7. The number of hydrogen-bond donors (Lipinski definition) is 2. The summed E-state index contributed by atoms with van der Waals surface area (Å²) in [6.45, 7) is 1.92. The highest BCUT2D eigenvalue weighted by atomic mass is 79.9. The van der Waals surface area contributed by atoms with Gasteiger partial charge < -0.3 is 20.1 Å². The first-order chi connectivity index (χ1) is 15.9. The standard InChI is InChI=1S/C25H22BrN3O3S/c1-25-21(23(30)27-16-9-13-18(31-2)14-10-16)22(19-5-3-4-6-20(19)32-25)28-24(33)29(25)17-11-7-15(26)8-12-17/h3-14,21-22H,1-2H3,(H,27,30)(H,28,33)/t21-,22+,25+/m1/s1. The minimum atomic E-state index is -1.05. The molecule has 168 valence electrons. The zero-order chi connectivity index (χ0) is 23.2. The van der Waals surface area contributed by atoms with Crippen LogP contribution in [0.3, 0.4) is 0 Å². The van der Waals surface area contributed by atoms with Crippen molar-refractivity contribution in [2.24, 2.45) is 5.92 Å². The highest BCUT2D eigenvalue weighted by molar-refractivity contribution is 9.10. The fourth-order valence-corrected chi connectivity index (χ4v) is 5.28. The normalized spacial score (nSPS) is 23.1. The molecule has 0 aliphatic carbocycles. The van der Waals surface area contributed by atoms with Crippen LogP contribution in [0.15, 0.2) is 77.3 Å². The molecular formula is C25H22BrN3O3S. The van der Waals surface area contributed by atoms with Crippen LogP contribution >= 0.6 is 28.1 Å². The van der Waals surface area contributed by atoms with Crippen molar-refractivity contribution in [1.82, 2.24) is 5.32 Å². The molecule has 0 aromatic heterocycles. The molecule has 3 aromatic rings. The fraction of sp³-hybridized carbons (Fsp3) is 0.200. The molecule has 1 saturated heterocycles. The van der Waals surface area contributed by atoms with Gasteiger partial charge in [0.05, 0.1) is 13.2 Å². The molecule has 0 radical (unpaired) electrons. The minimum absolute atomic E-state index is 0.167. The lowest BCUT2D eigenvalue weighted by atomic mass is 9.78. The summed E-state index contributed by atoms with van der Waals surface area (Å²) in [5.74, 6) is 0.694. The van der Waals surface area contributed by atoms with Crippen LogP contribution in [0.4, 0.5) is 11.4 Å². The van der Waals surface area contributed by atoms with E-state index in [2.05, 4.69) is 26.6 Å². The van der Waals surface area contributed by atoms with Crippen LogP contribution in [0.2, 0.25) is 0 Å². The smallest absolute Gasteiger partial charge is 0.236 e. The van der Waals surface area contributed by atoms with E-state index in [1.807, 2.05) is 84.6 Å². The van der Waals surface area contributed by atoms with Crippen LogP contribution in [0.25, 0.3) is 0 Å². The summed E-state index contributed by atoms with van der Waals surface area (Å²) in [7, 11) is 1.61. The van der Waals surface area contributed by atoms with Gasteiger partial charge in [-0.2, -0.15) is 0 Å². The summed E-state index contributed by atoms with van der Waals surface area (Å²) in [4.78, 5) is 15.6. The lowest BCUT2D eigenvalue weighted by Crippen LogP contribution is -2.72. The van der Waals surface area contributed by atoms with E-state index in [1.165, 1.54) is 0 Å². The first-order valence-electron chi connectivity index (χ1n) is 10.5. The fourth-order valence-electron chi connectivity index (χ4n) is 4.60. The topological polar surface area (TPSA) is 62.8 Å². The molecule has 6 nitrogen and oxygen atoms in total. The number of anilines is 2. The first kappa shape index (κ1) is 21.7. The molecule has 1 fully saturated rings. The number of nitrogens with one attached hydrogen (secondary N) is 2. The van der Waals surface area contributed by atoms with Crippen molar-refractivity contribution in [3.63, 3.8) is 0 Å². The Balaban J connectivity index is 1.58. The third kappa shape index (κ3) is 3.73. The highest BCUT2D eigenvalue weighted by Gasteiger charge is 2.59. The van der Waals surface area contributed by atoms with Gasteiger partial charge in [0.2, 0.25) is 5.91 Å². The van der Waals surface area contributed by atoms with Crippen LogP contribution < -0.4 is 25.0 Å². The SMILES string of the molecule is COc1ccc(NC(=O)[C@H]2[C@H]3NC(=S)N(c4ccc(Br)cc4)[C@@]2(C)Oc2ccccc23)cc1. The van der Waals surface area contributed by atoms with Gasteiger partial charge in [-0.05, 0) is 73.7 Å². The Bertz CT molecular complexity index is 1220. The third-order valence-electron chi connectivity index (χ3n) is 6.13. The molecule has 0 saturated carbocycles.